The zero-order chi connectivity index (χ0) is 12.9. The van der Waals surface area contributed by atoms with Gasteiger partial charge in [-0.05, 0) is 39.5 Å². The molecule has 0 radical (unpaired) electrons. The van der Waals surface area contributed by atoms with E-state index in [-0.39, 0.29) is 23.7 Å². The summed E-state index contributed by atoms with van der Waals surface area (Å²) >= 11 is 0. The minimum Gasteiger partial charge on any atom is -0.299 e. The Balaban J connectivity index is 1.94. The van der Waals surface area contributed by atoms with Crippen molar-refractivity contribution in [2.75, 3.05) is 0 Å². The third-order valence-corrected chi connectivity index (χ3v) is 4.96. The molecule has 0 aromatic rings. The average Bonchev–Trinajstić information content (AvgIpc) is 2.35. The maximum absolute atomic E-state index is 12.6. The largest absolute Gasteiger partial charge is 0.299 e. The molecule has 1 saturated carbocycles. The molecule has 0 aromatic carbocycles. The molecule has 0 unspecified atom stereocenters. The topological polar surface area (TPSA) is 34.1 Å². The summed E-state index contributed by atoms with van der Waals surface area (Å²) in [4.78, 5) is 25.2. The fourth-order valence-corrected chi connectivity index (χ4v) is 3.91. The summed E-state index contributed by atoms with van der Waals surface area (Å²) in [5.41, 5.74) is 2.55. The monoisotopic (exact) mass is 244 g/mol. The first-order valence-corrected chi connectivity index (χ1v) is 6.96. The van der Waals surface area contributed by atoms with Crippen LogP contribution in [0.1, 0.15) is 39.5 Å². The molecule has 0 saturated heterocycles. The van der Waals surface area contributed by atoms with E-state index in [0.29, 0.717) is 11.6 Å². The maximum atomic E-state index is 12.6. The first-order chi connectivity index (χ1) is 8.58. The summed E-state index contributed by atoms with van der Waals surface area (Å²) in [7, 11) is 0. The van der Waals surface area contributed by atoms with E-state index in [4.69, 9.17) is 0 Å². The van der Waals surface area contributed by atoms with Crippen LogP contribution in [0.15, 0.2) is 23.3 Å². The zero-order valence-electron chi connectivity index (χ0n) is 11.1. The molecule has 0 heterocycles. The number of carbonyl (C=O) groups excluding carboxylic acids is 2. The van der Waals surface area contributed by atoms with Crippen molar-refractivity contribution in [2.45, 2.75) is 39.5 Å². The molecule has 0 aliphatic heterocycles. The van der Waals surface area contributed by atoms with Gasteiger partial charge in [0.05, 0.1) is 0 Å². The minimum atomic E-state index is -0.0192. The van der Waals surface area contributed by atoms with Gasteiger partial charge in [0.2, 0.25) is 0 Å². The standard InChI is InChI=1S/C16H20O2/c1-9-3-5-11-13(7-9)16(18)14-8-10(2)4-6-12(14)15(11)17/h3-4,11-14H,5-8H2,1-2H3/t11-,12+,13+,14-. The Morgan fingerprint density at radius 1 is 0.778 bits per heavy atom. The van der Waals surface area contributed by atoms with Crippen LogP contribution in [0.25, 0.3) is 0 Å². The van der Waals surface area contributed by atoms with Gasteiger partial charge in [-0.15, -0.1) is 0 Å². The molecule has 2 heteroatoms. The number of Topliss-reactive ketones (excluding diaryl/α,β-unsaturated/α-hetero) is 2. The zero-order valence-corrected chi connectivity index (χ0v) is 11.1. The summed E-state index contributed by atoms with van der Waals surface area (Å²) in [6, 6.07) is 0. The van der Waals surface area contributed by atoms with E-state index in [0.717, 1.165) is 25.7 Å². The summed E-state index contributed by atoms with van der Waals surface area (Å²) < 4.78 is 0. The molecule has 0 aromatic heterocycles. The molecule has 0 amide bonds. The lowest BCUT2D eigenvalue weighted by atomic mass is 9.59. The van der Waals surface area contributed by atoms with Gasteiger partial charge in [-0.3, -0.25) is 9.59 Å². The van der Waals surface area contributed by atoms with Crippen molar-refractivity contribution in [1.29, 1.82) is 0 Å². The minimum absolute atomic E-state index is 0.0188. The highest BCUT2D eigenvalue weighted by atomic mass is 16.1. The Hall–Kier alpha value is -1.18. The number of carbonyl (C=O) groups is 2. The van der Waals surface area contributed by atoms with Crippen LogP contribution in [0, 0.1) is 23.7 Å². The smallest absolute Gasteiger partial charge is 0.141 e. The molecule has 4 atom stereocenters. The maximum Gasteiger partial charge on any atom is 0.141 e. The molecule has 0 spiro atoms. The van der Waals surface area contributed by atoms with E-state index < -0.39 is 0 Å². The molecule has 0 bridgehead atoms. The molecular formula is C16H20O2. The lowest BCUT2D eigenvalue weighted by Crippen LogP contribution is -2.49. The van der Waals surface area contributed by atoms with E-state index in [1.165, 1.54) is 11.1 Å². The van der Waals surface area contributed by atoms with Gasteiger partial charge in [-0.2, -0.15) is 0 Å². The molecule has 3 aliphatic carbocycles. The molecule has 0 N–H and O–H groups in total. The number of hydrogen-bond acceptors (Lipinski definition) is 2. The van der Waals surface area contributed by atoms with E-state index in [1.807, 2.05) is 0 Å². The van der Waals surface area contributed by atoms with E-state index in [2.05, 4.69) is 26.0 Å². The fourth-order valence-electron chi connectivity index (χ4n) is 3.91. The second kappa shape index (κ2) is 4.18. The van der Waals surface area contributed by atoms with Crippen molar-refractivity contribution < 1.29 is 9.59 Å². The highest BCUT2D eigenvalue weighted by molar-refractivity contribution is 6.00. The second-order valence-electron chi connectivity index (χ2n) is 6.21. The summed E-state index contributed by atoms with van der Waals surface area (Å²) in [6.45, 7) is 4.15. The van der Waals surface area contributed by atoms with Crippen molar-refractivity contribution in [3.8, 4) is 0 Å². The van der Waals surface area contributed by atoms with Crippen LogP contribution in [-0.2, 0) is 9.59 Å². The molecular weight excluding hydrogens is 224 g/mol. The first kappa shape index (κ1) is 11.9. The van der Waals surface area contributed by atoms with Crippen molar-refractivity contribution >= 4 is 11.6 Å². The van der Waals surface area contributed by atoms with Gasteiger partial charge in [-0.1, -0.05) is 23.3 Å². The van der Waals surface area contributed by atoms with E-state index >= 15 is 0 Å². The Morgan fingerprint density at radius 2 is 1.17 bits per heavy atom. The highest BCUT2D eigenvalue weighted by Gasteiger charge is 2.49. The molecule has 3 aliphatic rings. The van der Waals surface area contributed by atoms with Crippen LogP contribution in [0.2, 0.25) is 0 Å². The van der Waals surface area contributed by atoms with Crippen molar-refractivity contribution in [2.24, 2.45) is 23.7 Å². The van der Waals surface area contributed by atoms with Crippen molar-refractivity contribution in [3.05, 3.63) is 23.3 Å². The predicted octanol–water partition coefficient (Wildman–Crippen LogP) is 3.08. The molecule has 96 valence electrons. The molecule has 3 rings (SSSR count). The molecule has 1 fully saturated rings. The van der Waals surface area contributed by atoms with E-state index in [1.54, 1.807) is 0 Å². The Morgan fingerprint density at radius 3 is 1.61 bits per heavy atom. The molecule has 2 nitrogen and oxygen atoms in total. The van der Waals surface area contributed by atoms with Crippen LogP contribution in [0.3, 0.4) is 0 Å². The predicted molar refractivity (Wildman–Crippen MR) is 70.0 cm³/mol. The van der Waals surface area contributed by atoms with Crippen LogP contribution < -0.4 is 0 Å². The highest BCUT2D eigenvalue weighted by Crippen LogP contribution is 2.45. The normalized spacial score (nSPS) is 39.7. The van der Waals surface area contributed by atoms with Gasteiger partial charge in [0, 0.05) is 23.7 Å². The van der Waals surface area contributed by atoms with Gasteiger partial charge in [0.15, 0.2) is 0 Å². The third kappa shape index (κ3) is 1.70. The first-order valence-electron chi connectivity index (χ1n) is 6.96. The number of allylic oxidation sites excluding steroid dienone is 4. The van der Waals surface area contributed by atoms with Crippen LogP contribution in [0.5, 0.6) is 0 Å². The number of hydrogen-bond donors (Lipinski definition) is 0. The average molecular weight is 244 g/mol. The summed E-state index contributed by atoms with van der Waals surface area (Å²) in [6.07, 6.45) is 7.48. The SMILES string of the molecule is CC1=CC[C@H]2C(=O)[C@H]3CC=C(C)C[C@H]3C(=O)[C@H]2C1. The van der Waals surface area contributed by atoms with Gasteiger partial charge < -0.3 is 0 Å². The second-order valence-corrected chi connectivity index (χ2v) is 6.21. The van der Waals surface area contributed by atoms with Crippen LogP contribution in [0.4, 0.5) is 0 Å². The van der Waals surface area contributed by atoms with Crippen LogP contribution in [-0.4, -0.2) is 11.6 Å². The van der Waals surface area contributed by atoms with Gasteiger partial charge >= 0.3 is 0 Å². The van der Waals surface area contributed by atoms with Gasteiger partial charge in [0.1, 0.15) is 11.6 Å². The summed E-state index contributed by atoms with van der Waals surface area (Å²) in [5.74, 6) is 0.648. The van der Waals surface area contributed by atoms with Crippen LogP contribution >= 0.6 is 0 Å². The lowest BCUT2D eigenvalue weighted by Gasteiger charge is -2.42. The van der Waals surface area contributed by atoms with Crippen molar-refractivity contribution in [1.82, 2.24) is 0 Å². The number of fused-ring (bicyclic) bond motifs is 2. The van der Waals surface area contributed by atoms with E-state index in [9.17, 15) is 9.59 Å². The quantitative estimate of drug-likeness (QED) is 0.614. The van der Waals surface area contributed by atoms with Gasteiger partial charge in [-0.25, -0.2) is 0 Å². The summed E-state index contributed by atoms with van der Waals surface area (Å²) in [5, 5.41) is 0. The van der Waals surface area contributed by atoms with Gasteiger partial charge in [0.25, 0.3) is 0 Å². The number of ketones is 2. The third-order valence-electron chi connectivity index (χ3n) is 4.96. The number of rotatable bonds is 0. The fraction of sp³-hybridized carbons (Fsp3) is 0.625. The Bertz CT molecular complexity index is 429. The molecule has 18 heavy (non-hydrogen) atoms. The Labute approximate surface area is 108 Å². The van der Waals surface area contributed by atoms with Crippen molar-refractivity contribution in [3.63, 3.8) is 0 Å². The Kier molecular flexibility index (Phi) is 2.76. The lowest BCUT2D eigenvalue weighted by molar-refractivity contribution is -0.147.